The van der Waals surface area contributed by atoms with Crippen molar-refractivity contribution in [2.45, 2.75) is 12.1 Å². The van der Waals surface area contributed by atoms with Gasteiger partial charge in [-0.2, -0.15) is 21.6 Å². The summed E-state index contributed by atoms with van der Waals surface area (Å²) >= 11 is 0. The van der Waals surface area contributed by atoms with Crippen molar-refractivity contribution in [2.75, 3.05) is 7.11 Å². The summed E-state index contributed by atoms with van der Waals surface area (Å²) in [4.78, 5) is 11.6. The van der Waals surface area contributed by atoms with Crippen molar-refractivity contribution < 1.29 is 40.0 Å². The molecule has 2 rings (SSSR count). The van der Waals surface area contributed by atoms with Crippen LogP contribution in [-0.4, -0.2) is 27.0 Å². The van der Waals surface area contributed by atoms with E-state index in [1.54, 1.807) is 30.3 Å². The maximum atomic E-state index is 12.5. The SMILES string of the molecule is COC(=O)c1ccc(OCc2ccccc2)cc1OS(=O)(=O)C(F)(F)F. The number of alkyl halides is 3. The molecule has 10 heteroatoms. The van der Waals surface area contributed by atoms with Crippen molar-refractivity contribution >= 4 is 16.1 Å². The summed E-state index contributed by atoms with van der Waals surface area (Å²) < 4.78 is 74.0. The van der Waals surface area contributed by atoms with Gasteiger partial charge in [0.2, 0.25) is 0 Å². The van der Waals surface area contributed by atoms with Crippen LogP contribution in [0.1, 0.15) is 15.9 Å². The van der Waals surface area contributed by atoms with Gasteiger partial charge in [0.1, 0.15) is 17.9 Å². The largest absolute Gasteiger partial charge is 0.534 e. The molecular weight excluding hydrogens is 377 g/mol. The minimum atomic E-state index is -5.96. The molecule has 0 fully saturated rings. The van der Waals surface area contributed by atoms with Gasteiger partial charge in [0, 0.05) is 6.07 Å². The van der Waals surface area contributed by atoms with Crippen molar-refractivity contribution in [3.05, 3.63) is 59.7 Å². The number of hydrogen-bond acceptors (Lipinski definition) is 6. The van der Waals surface area contributed by atoms with Crippen LogP contribution in [0.2, 0.25) is 0 Å². The van der Waals surface area contributed by atoms with Gasteiger partial charge >= 0.3 is 21.6 Å². The van der Waals surface area contributed by atoms with Crippen LogP contribution in [0.5, 0.6) is 11.5 Å². The third kappa shape index (κ3) is 4.66. The summed E-state index contributed by atoms with van der Waals surface area (Å²) in [6.45, 7) is 0.0733. The zero-order valence-electron chi connectivity index (χ0n) is 13.3. The smallest absolute Gasteiger partial charge is 0.489 e. The molecule has 26 heavy (non-hydrogen) atoms. The lowest BCUT2D eigenvalue weighted by atomic mass is 10.2. The van der Waals surface area contributed by atoms with E-state index in [2.05, 4.69) is 8.92 Å². The highest BCUT2D eigenvalue weighted by molar-refractivity contribution is 7.88. The van der Waals surface area contributed by atoms with Crippen LogP contribution < -0.4 is 8.92 Å². The third-order valence-electron chi connectivity index (χ3n) is 3.09. The van der Waals surface area contributed by atoms with Crippen molar-refractivity contribution in [1.82, 2.24) is 0 Å². The quantitative estimate of drug-likeness (QED) is 0.428. The van der Waals surface area contributed by atoms with Crippen LogP contribution in [0.4, 0.5) is 13.2 Å². The fourth-order valence-corrected chi connectivity index (χ4v) is 2.32. The fourth-order valence-electron chi connectivity index (χ4n) is 1.85. The van der Waals surface area contributed by atoms with Crippen LogP contribution in [0.15, 0.2) is 48.5 Å². The lowest BCUT2D eigenvalue weighted by Gasteiger charge is -2.14. The molecular formula is C16H13F3O6S. The maximum Gasteiger partial charge on any atom is 0.534 e. The van der Waals surface area contributed by atoms with Gasteiger partial charge in [0.05, 0.1) is 7.11 Å². The molecule has 0 aliphatic heterocycles. The van der Waals surface area contributed by atoms with Gasteiger partial charge in [0.15, 0.2) is 5.75 Å². The van der Waals surface area contributed by atoms with E-state index in [4.69, 9.17) is 4.74 Å². The number of rotatable bonds is 6. The topological polar surface area (TPSA) is 78.9 Å². The number of ether oxygens (including phenoxy) is 2. The predicted octanol–water partition coefficient (Wildman–Crippen LogP) is 3.28. The van der Waals surface area contributed by atoms with Crippen LogP contribution >= 0.6 is 0 Å². The van der Waals surface area contributed by atoms with E-state index >= 15 is 0 Å². The Balaban J connectivity index is 2.32. The molecule has 2 aromatic rings. The van der Waals surface area contributed by atoms with Gasteiger partial charge in [0.25, 0.3) is 0 Å². The number of carbonyl (C=O) groups is 1. The molecule has 0 amide bonds. The number of benzene rings is 2. The van der Waals surface area contributed by atoms with Crippen molar-refractivity contribution in [1.29, 1.82) is 0 Å². The van der Waals surface area contributed by atoms with Crippen LogP contribution in [0, 0.1) is 0 Å². The first-order valence-electron chi connectivity index (χ1n) is 7.04. The Morgan fingerprint density at radius 2 is 1.73 bits per heavy atom. The van der Waals surface area contributed by atoms with Crippen molar-refractivity contribution in [2.24, 2.45) is 0 Å². The first-order chi connectivity index (χ1) is 12.1. The number of esters is 1. The zero-order valence-corrected chi connectivity index (χ0v) is 14.1. The molecule has 0 unspecified atom stereocenters. The Bertz CT molecular complexity index is 879. The minimum Gasteiger partial charge on any atom is -0.489 e. The monoisotopic (exact) mass is 390 g/mol. The van der Waals surface area contributed by atoms with E-state index in [0.717, 1.165) is 24.8 Å². The number of halogens is 3. The standard InChI is InChI=1S/C16H13F3O6S/c1-23-15(20)13-8-7-12(24-10-11-5-3-2-4-6-11)9-14(13)25-26(21,22)16(17,18)19/h2-9H,10H2,1H3. The van der Waals surface area contributed by atoms with Crippen LogP contribution in [-0.2, 0) is 21.5 Å². The summed E-state index contributed by atoms with van der Waals surface area (Å²) in [6, 6.07) is 12.0. The van der Waals surface area contributed by atoms with Gasteiger partial charge in [-0.25, -0.2) is 4.79 Å². The fraction of sp³-hybridized carbons (Fsp3) is 0.188. The summed E-state index contributed by atoms with van der Waals surface area (Å²) in [5.41, 5.74) is -5.37. The maximum absolute atomic E-state index is 12.5. The van der Waals surface area contributed by atoms with E-state index in [1.807, 2.05) is 0 Å². The summed E-state index contributed by atoms with van der Waals surface area (Å²) in [7, 11) is -4.97. The highest BCUT2D eigenvalue weighted by atomic mass is 32.2. The Labute approximate surface area is 147 Å². The normalized spacial score (nSPS) is 11.7. The highest BCUT2D eigenvalue weighted by Crippen LogP contribution is 2.32. The second-order valence-corrected chi connectivity index (χ2v) is 6.44. The Morgan fingerprint density at radius 3 is 2.31 bits per heavy atom. The molecule has 0 bridgehead atoms. The molecule has 0 heterocycles. The Morgan fingerprint density at radius 1 is 1.08 bits per heavy atom. The molecule has 2 aromatic carbocycles. The Kier molecular flexibility index (Phi) is 5.76. The van der Waals surface area contributed by atoms with E-state index in [9.17, 15) is 26.4 Å². The van der Waals surface area contributed by atoms with E-state index < -0.39 is 32.9 Å². The molecule has 0 saturated heterocycles. The number of hydrogen-bond donors (Lipinski definition) is 0. The Hall–Kier alpha value is -2.75. The molecule has 140 valence electrons. The zero-order chi connectivity index (χ0) is 19.4. The van der Waals surface area contributed by atoms with E-state index in [1.165, 1.54) is 6.07 Å². The van der Waals surface area contributed by atoms with Gasteiger partial charge in [-0.1, -0.05) is 30.3 Å². The average Bonchev–Trinajstić information content (AvgIpc) is 2.59. The van der Waals surface area contributed by atoms with Crippen molar-refractivity contribution in [3.8, 4) is 11.5 Å². The molecule has 0 spiro atoms. The van der Waals surface area contributed by atoms with Gasteiger partial charge in [-0.05, 0) is 17.7 Å². The highest BCUT2D eigenvalue weighted by Gasteiger charge is 2.49. The molecule has 0 atom stereocenters. The summed E-state index contributed by atoms with van der Waals surface area (Å²) in [6.07, 6.45) is 0. The third-order valence-corrected chi connectivity index (χ3v) is 4.06. The molecule has 0 radical (unpaired) electrons. The van der Waals surface area contributed by atoms with Crippen LogP contribution in [0.3, 0.4) is 0 Å². The second kappa shape index (κ2) is 7.65. The first-order valence-corrected chi connectivity index (χ1v) is 8.45. The number of methoxy groups -OCH3 is 1. The first kappa shape index (κ1) is 19.6. The second-order valence-electron chi connectivity index (χ2n) is 4.91. The molecule has 6 nitrogen and oxygen atoms in total. The molecule has 0 aromatic heterocycles. The molecule has 0 aliphatic carbocycles. The number of carbonyl (C=O) groups excluding carboxylic acids is 1. The average molecular weight is 390 g/mol. The van der Waals surface area contributed by atoms with E-state index in [-0.39, 0.29) is 12.4 Å². The van der Waals surface area contributed by atoms with Gasteiger partial charge in [-0.3, -0.25) is 0 Å². The molecule has 0 N–H and O–H groups in total. The predicted molar refractivity (Wildman–Crippen MR) is 84.2 cm³/mol. The molecule has 0 saturated carbocycles. The molecule has 0 aliphatic rings. The van der Waals surface area contributed by atoms with Crippen molar-refractivity contribution in [3.63, 3.8) is 0 Å². The summed E-state index contributed by atoms with van der Waals surface area (Å²) in [5, 5.41) is 0. The lowest BCUT2D eigenvalue weighted by molar-refractivity contribution is -0.0500. The van der Waals surface area contributed by atoms with Gasteiger partial charge in [-0.15, -0.1) is 0 Å². The summed E-state index contributed by atoms with van der Waals surface area (Å²) in [5.74, 6) is -1.90. The minimum absolute atomic E-state index is 0.00822. The van der Waals surface area contributed by atoms with E-state index in [0.29, 0.717) is 0 Å². The lowest BCUT2D eigenvalue weighted by Crippen LogP contribution is -2.28. The van der Waals surface area contributed by atoms with Crippen LogP contribution in [0.25, 0.3) is 0 Å². The van der Waals surface area contributed by atoms with Gasteiger partial charge < -0.3 is 13.7 Å².